The highest BCUT2D eigenvalue weighted by Crippen LogP contribution is 2.17. The lowest BCUT2D eigenvalue weighted by atomic mass is 10.2. The molecule has 1 fully saturated rings. The van der Waals surface area contributed by atoms with Gasteiger partial charge in [0, 0.05) is 23.6 Å². The molecule has 1 heterocycles. The first-order valence-corrected chi connectivity index (χ1v) is 6.16. The molecule has 1 aromatic rings. The van der Waals surface area contributed by atoms with Crippen LogP contribution in [0.2, 0.25) is 5.02 Å². The molecule has 0 bridgehead atoms. The fourth-order valence-electron chi connectivity index (χ4n) is 1.97. The normalized spacial score (nSPS) is 16.8. The van der Waals surface area contributed by atoms with Crippen molar-refractivity contribution in [1.82, 2.24) is 4.90 Å². The van der Waals surface area contributed by atoms with Gasteiger partial charge in [0.1, 0.15) is 0 Å². The van der Waals surface area contributed by atoms with E-state index >= 15 is 0 Å². The highest BCUT2D eigenvalue weighted by atomic mass is 35.5. The van der Waals surface area contributed by atoms with Crippen molar-refractivity contribution in [3.63, 3.8) is 0 Å². The van der Waals surface area contributed by atoms with Crippen LogP contribution in [0.25, 0.3) is 0 Å². The summed E-state index contributed by atoms with van der Waals surface area (Å²) in [4.78, 5) is 25.3. The highest BCUT2D eigenvalue weighted by molar-refractivity contribution is 6.31. The third-order valence-corrected chi connectivity index (χ3v) is 3.13. The van der Waals surface area contributed by atoms with Crippen molar-refractivity contribution in [2.75, 3.05) is 6.54 Å². The zero-order chi connectivity index (χ0) is 12.3. The van der Waals surface area contributed by atoms with Crippen LogP contribution in [-0.4, -0.2) is 23.3 Å². The SMILES string of the molecule is O=C1CCCCCN1C(=O)c1cccc(Cl)c1. The summed E-state index contributed by atoms with van der Waals surface area (Å²) in [5, 5.41) is 0.512. The van der Waals surface area contributed by atoms with Gasteiger partial charge >= 0.3 is 0 Å². The lowest BCUT2D eigenvalue weighted by molar-refractivity contribution is -0.128. The van der Waals surface area contributed by atoms with E-state index in [4.69, 9.17) is 11.6 Å². The van der Waals surface area contributed by atoms with E-state index < -0.39 is 0 Å². The molecule has 2 amide bonds. The van der Waals surface area contributed by atoms with Gasteiger partial charge in [-0.15, -0.1) is 0 Å². The van der Waals surface area contributed by atoms with Gasteiger partial charge in [-0.05, 0) is 31.0 Å². The van der Waals surface area contributed by atoms with Crippen LogP contribution in [-0.2, 0) is 4.79 Å². The van der Waals surface area contributed by atoms with Crippen molar-refractivity contribution < 1.29 is 9.59 Å². The van der Waals surface area contributed by atoms with E-state index in [2.05, 4.69) is 0 Å². The Labute approximate surface area is 105 Å². The molecule has 0 aromatic heterocycles. The Morgan fingerprint density at radius 2 is 2.06 bits per heavy atom. The summed E-state index contributed by atoms with van der Waals surface area (Å²) >= 11 is 5.84. The average Bonchev–Trinajstić information content (AvgIpc) is 2.53. The number of amides is 2. The monoisotopic (exact) mass is 251 g/mol. The van der Waals surface area contributed by atoms with Gasteiger partial charge < -0.3 is 0 Å². The summed E-state index contributed by atoms with van der Waals surface area (Å²) in [6.45, 7) is 0.518. The predicted octanol–water partition coefficient (Wildman–Crippen LogP) is 2.88. The molecule has 0 radical (unpaired) electrons. The number of hydrogen-bond donors (Lipinski definition) is 0. The highest BCUT2D eigenvalue weighted by Gasteiger charge is 2.23. The third kappa shape index (κ3) is 2.86. The molecule has 90 valence electrons. The van der Waals surface area contributed by atoms with Crippen molar-refractivity contribution in [2.45, 2.75) is 25.7 Å². The topological polar surface area (TPSA) is 37.4 Å². The zero-order valence-corrected chi connectivity index (χ0v) is 10.2. The molecule has 0 atom stereocenters. The lowest BCUT2D eigenvalue weighted by Gasteiger charge is -2.18. The van der Waals surface area contributed by atoms with Crippen LogP contribution < -0.4 is 0 Å². The number of halogens is 1. The minimum atomic E-state index is -0.237. The number of rotatable bonds is 1. The summed E-state index contributed by atoms with van der Waals surface area (Å²) in [7, 11) is 0. The van der Waals surface area contributed by atoms with Gasteiger partial charge in [0.2, 0.25) is 5.91 Å². The van der Waals surface area contributed by atoms with Gasteiger partial charge in [-0.25, -0.2) is 0 Å². The molecule has 3 nitrogen and oxygen atoms in total. The van der Waals surface area contributed by atoms with Crippen LogP contribution in [0.3, 0.4) is 0 Å². The van der Waals surface area contributed by atoms with Crippen LogP contribution in [0, 0.1) is 0 Å². The van der Waals surface area contributed by atoms with E-state index in [1.807, 2.05) is 0 Å². The van der Waals surface area contributed by atoms with Crippen molar-refractivity contribution in [2.24, 2.45) is 0 Å². The number of carbonyl (C=O) groups is 2. The van der Waals surface area contributed by atoms with Crippen LogP contribution >= 0.6 is 11.6 Å². The number of likely N-dealkylation sites (tertiary alicyclic amines) is 1. The van der Waals surface area contributed by atoms with Crippen LogP contribution in [0.15, 0.2) is 24.3 Å². The molecule has 0 aliphatic carbocycles. The first-order chi connectivity index (χ1) is 8.18. The summed E-state index contributed by atoms with van der Waals surface area (Å²) in [6, 6.07) is 6.72. The van der Waals surface area contributed by atoms with Crippen molar-refractivity contribution in [3.05, 3.63) is 34.9 Å². The molecule has 1 aromatic carbocycles. The smallest absolute Gasteiger partial charge is 0.260 e. The molecule has 4 heteroatoms. The first-order valence-electron chi connectivity index (χ1n) is 5.79. The van der Waals surface area contributed by atoms with Gasteiger partial charge in [0.05, 0.1) is 0 Å². The number of benzene rings is 1. The van der Waals surface area contributed by atoms with E-state index in [0.717, 1.165) is 19.3 Å². The average molecular weight is 252 g/mol. The number of nitrogens with zero attached hydrogens (tertiary/aromatic N) is 1. The summed E-state index contributed by atoms with van der Waals surface area (Å²) in [6.07, 6.45) is 3.23. The number of imide groups is 1. The predicted molar refractivity (Wildman–Crippen MR) is 66.0 cm³/mol. The Morgan fingerprint density at radius 1 is 1.24 bits per heavy atom. The Kier molecular flexibility index (Phi) is 3.79. The molecular formula is C13H14ClNO2. The number of hydrogen-bond acceptors (Lipinski definition) is 2. The second kappa shape index (κ2) is 5.32. The molecule has 17 heavy (non-hydrogen) atoms. The third-order valence-electron chi connectivity index (χ3n) is 2.89. The minimum absolute atomic E-state index is 0.0764. The molecule has 1 saturated heterocycles. The van der Waals surface area contributed by atoms with E-state index in [9.17, 15) is 9.59 Å². The van der Waals surface area contributed by atoms with Crippen molar-refractivity contribution in [1.29, 1.82) is 0 Å². The summed E-state index contributed by atoms with van der Waals surface area (Å²) in [5.41, 5.74) is 0.479. The maximum atomic E-state index is 12.2. The molecule has 0 N–H and O–H groups in total. The Balaban J connectivity index is 2.21. The molecule has 1 aliphatic rings. The van der Waals surface area contributed by atoms with Gasteiger partial charge in [-0.3, -0.25) is 14.5 Å². The largest absolute Gasteiger partial charge is 0.279 e. The standard InChI is InChI=1S/C13H14ClNO2/c14-11-6-4-5-10(9-11)13(17)15-8-3-1-2-7-12(15)16/h4-6,9H,1-3,7-8H2. The number of carbonyl (C=O) groups excluding carboxylic acids is 2. The van der Waals surface area contributed by atoms with Gasteiger partial charge in [0.15, 0.2) is 0 Å². The van der Waals surface area contributed by atoms with E-state index in [0.29, 0.717) is 23.6 Å². The molecule has 0 saturated carbocycles. The van der Waals surface area contributed by atoms with E-state index in [-0.39, 0.29) is 11.8 Å². The Bertz CT molecular complexity index is 445. The van der Waals surface area contributed by atoms with Gasteiger partial charge in [-0.2, -0.15) is 0 Å². The van der Waals surface area contributed by atoms with Crippen LogP contribution in [0.1, 0.15) is 36.0 Å². The fourth-order valence-corrected chi connectivity index (χ4v) is 2.17. The quantitative estimate of drug-likeness (QED) is 0.720. The van der Waals surface area contributed by atoms with Gasteiger partial charge in [-0.1, -0.05) is 24.1 Å². The Hall–Kier alpha value is -1.35. The maximum absolute atomic E-state index is 12.2. The summed E-state index contributed by atoms with van der Waals surface area (Å²) in [5.74, 6) is -0.313. The summed E-state index contributed by atoms with van der Waals surface area (Å²) < 4.78 is 0. The molecule has 2 rings (SSSR count). The van der Waals surface area contributed by atoms with Gasteiger partial charge in [0.25, 0.3) is 5.91 Å². The van der Waals surface area contributed by atoms with Crippen molar-refractivity contribution >= 4 is 23.4 Å². The van der Waals surface area contributed by atoms with E-state index in [1.165, 1.54) is 4.90 Å². The van der Waals surface area contributed by atoms with Crippen LogP contribution in [0.5, 0.6) is 0 Å². The molecule has 1 aliphatic heterocycles. The molecule has 0 spiro atoms. The maximum Gasteiger partial charge on any atom is 0.260 e. The second-order valence-electron chi connectivity index (χ2n) is 4.17. The fraction of sp³-hybridized carbons (Fsp3) is 0.385. The molecular weight excluding hydrogens is 238 g/mol. The Morgan fingerprint density at radius 3 is 2.82 bits per heavy atom. The lowest BCUT2D eigenvalue weighted by Crippen LogP contribution is -2.36. The van der Waals surface area contributed by atoms with E-state index in [1.54, 1.807) is 24.3 Å². The second-order valence-corrected chi connectivity index (χ2v) is 4.61. The first kappa shape index (κ1) is 12.1. The zero-order valence-electron chi connectivity index (χ0n) is 9.49. The van der Waals surface area contributed by atoms with Crippen molar-refractivity contribution in [3.8, 4) is 0 Å². The minimum Gasteiger partial charge on any atom is -0.279 e. The van der Waals surface area contributed by atoms with Crippen LogP contribution in [0.4, 0.5) is 0 Å². The molecule has 0 unspecified atom stereocenters.